The molecule has 3 heterocycles. The molecule has 0 aliphatic carbocycles. The lowest BCUT2D eigenvalue weighted by atomic mass is 9.99. The molecule has 4 rings (SSSR count). The lowest BCUT2D eigenvalue weighted by Crippen LogP contribution is -2.27. The van der Waals surface area contributed by atoms with Crippen LogP contribution in [0, 0.1) is 5.92 Å². The zero-order valence-electron chi connectivity index (χ0n) is 13.5. The number of fused-ring (bicyclic) bond motifs is 2. The van der Waals surface area contributed by atoms with Crippen molar-refractivity contribution in [1.29, 1.82) is 0 Å². The Morgan fingerprint density at radius 2 is 2.17 bits per heavy atom. The van der Waals surface area contributed by atoms with Gasteiger partial charge in [-0.15, -0.1) is 10.2 Å². The second-order valence-corrected chi connectivity index (χ2v) is 6.51. The first-order chi connectivity index (χ1) is 11.2. The maximum Gasteiger partial charge on any atom is 0.295 e. The molecule has 120 valence electrons. The number of aromatic nitrogens is 4. The van der Waals surface area contributed by atoms with Gasteiger partial charge < -0.3 is 14.3 Å². The van der Waals surface area contributed by atoms with Gasteiger partial charge in [-0.1, -0.05) is 26.0 Å². The number of hydrogen-bond acceptors (Lipinski definition) is 5. The van der Waals surface area contributed by atoms with Gasteiger partial charge >= 0.3 is 0 Å². The molecule has 0 fully saturated rings. The largest absolute Gasteiger partial charge is 0.424 e. The number of hydrogen-bond donors (Lipinski definition) is 1. The number of benzene rings is 1. The molecule has 6 nitrogen and oxygen atoms in total. The van der Waals surface area contributed by atoms with E-state index in [1.54, 1.807) is 0 Å². The lowest BCUT2D eigenvalue weighted by molar-refractivity contribution is 0.369. The van der Waals surface area contributed by atoms with Gasteiger partial charge in [-0.25, -0.2) is 0 Å². The fraction of sp³-hybridized carbons (Fsp3) is 0.471. The van der Waals surface area contributed by atoms with Crippen molar-refractivity contribution in [2.24, 2.45) is 5.92 Å². The first-order valence-corrected chi connectivity index (χ1v) is 8.22. The van der Waals surface area contributed by atoms with E-state index >= 15 is 0 Å². The highest BCUT2D eigenvalue weighted by Crippen LogP contribution is 2.24. The Labute approximate surface area is 134 Å². The number of oxazole rings is 1. The Balaban J connectivity index is 1.44. The summed E-state index contributed by atoms with van der Waals surface area (Å²) in [5.41, 5.74) is 1.71. The molecule has 6 heteroatoms. The summed E-state index contributed by atoms with van der Waals surface area (Å²) in [6.45, 7) is 6.14. The third kappa shape index (κ3) is 2.69. The van der Waals surface area contributed by atoms with Crippen molar-refractivity contribution in [3.63, 3.8) is 0 Å². The minimum Gasteiger partial charge on any atom is -0.424 e. The maximum absolute atomic E-state index is 5.72. The summed E-state index contributed by atoms with van der Waals surface area (Å²) in [5, 5.41) is 12.0. The highest BCUT2D eigenvalue weighted by Gasteiger charge is 2.24. The second-order valence-electron chi connectivity index (χ2n) is 6.51. The molecule has 23 heavy (non-hydrogen) atoms. The van der Waals surface area contributed by atoms with E-state index in [2.05, 4.69) is 38.9 Å². The number of anilines is 1. The van der Waals surface area contributed by atoms with Crippen LogP contribution in [0.3, 0.4) is 0 Å². The fourth-order valence-corrected chi connectivity index (χ4v) is 3.19. The molecule has 1 aliphatic rings. The third-order valence-electron chi connectivity index (χ3n) is 4.43. The second kappa shape index (κ2) is 5.68. The molecule has 1 aromatic carbocycles. The van der Waals surface area contributed by atoms with Crippen LogP contribution in [-0.2, 0) is 13.0 Å². The quantitative estimate of drug-likeness (QED) is 0.801. The predicted molar refractivity (Wildman–Crippen MR) is 88.4 cm³/mol. The van der Waals surface area contributed by atoms with E-state index in [4.69, 9.17) is 4.42 Å². The molecule has 1 atom stereocenters. The summed E-state index contributed by atoms with van der Waals surface area (Å²) in [7, 11) is 0. The Morgan fingerprint density at radius 3 is 3.00 bits per heavy atom. The van der Waals surface area contributed by atoms with E-state index in [1.165, 1.54) is 0 Å². The summed E-state index contributed by atoms with van der Waals surface area (Å²) >= 11 is 0. The van der Waals surface area contributed by atoms with Crippen LogP contribution in [0.15, 0.2) is 28.7 Å². The molecule has 3 aromatic rings. The van der Waals surface area contributed by atoms with Gasteiger partial charge in [-0.05, 0) is 24.5 Å². The zero-order chi connectivity index (χ0) is 15.8. The highest BCUT2D eigenvalue weighted by molar-refractivity contribution is 5.74. The standard InChI is InChI=1S/C17H21N5O/c1-11(2)16-21-20-15-8-7-12(10-22(15)16)9-18-17-19-13-5-3-4-6-14(13)23-17/h3-6,11-12H,7-10H2,1-2H3,(H,18,19)/t12-/m1/s1. The molecule has 1 aliphatic heterocycles. The maximum atomic E-state index is 5.72. The molecular weight excluding hydrogens is 290 g/mol. The lowest BCUT2D eigenvalue weighted by Gasteiger charge is -2.24. The van der Waals surface area contributed by atoms with Crippen molar-refractivity contribution < 1.29 is 4.42 Å². The monoisotopic (exact) mass is 311 g/mol. The number of para-hydroxylation sites is 2. The molecule has 0 spiro atoms. The van der Waals surface area contributed by atoms with Gasteiger partial charge in [0.25, 0.3) is 6.01 Å². The van der Waals surface area contributed by atoms with E-state index in [1.807, 2.05) is 24.3 Å². The normalized spacial score (nSPS) is 17.6. The number of nitrogens with one attached hydrogen (secondary N) is 1. The van der Waals surface area contributed by atoms with Crippen molar-refractivity contribution in [1.82, 2.24) is 19.7 Å². The first-order valence-electron chi connectivity index (χ1n) is 8.22. The van der Waals surface area contributed by atoms with Crippen molar-refractivity contribution >= 4 is 17.1 Å². The molecule has 0 unspecified atom stereocenters. The molecule has 0 bridgehead atoms. The van der Waals surface area contributed by atoms with E-state index in [0.717, 1.165) is 48.7 Å². The summed E-state index contributed by atoms with van der Waals surface area (Å²) < 4.78 is 8.01. The fourth-order valence-electron chi connectivity index (χ4n) is 3.19. The van der Waals surface area contributed by atoms with Gasteiger partial charge in [0, 0.05) is 25.4 Å². The Hall–Kier alpha value is -2.37. The average Bonchev–Trinajstić information content (AvgIpc) is 3.15. The van der Waals surface area contributed by atoms with Gasteiger partial charge in [-0.3, -0.25) is 0 Å². The molecule has 2 aromatic heterocycles. The molecular formula is C17H21N5O. The van der Waals surface area contributed by atoms with Crippen LogP contribution in [0.5, 0.6) is 0 Å². The van der Waals surface area contributed by atoms with Crippen LogP contribution in [-0.4, -0.2) is 26.3 Å². The van der Waals surface area contributed by atoms with E-state index < -0.39 is 0 Å². The van der Waals surface area contributed by atoms with Crippen molar-refractivity contribution in [2.45, 2.75) is 39.2 Å². The number of rotatable bonds is 4. The van der Waals surface area contributed by atoms with Crippen molar-refractivity contribution in [3.05, 3.63) is 35.9 Å². The van der Waals surface area contributed by atoms with Crippen LogP contribution in [0.25, 0.3) is 11.1 Å². The van der Waals surface area contributed by atoms with Gasteiger partial charge in [-0.2, -0.15) is 4.98 Å². The van der Waals surface area contributed by atoms with E-state index in [9.17, 15) is 0 Å². The van der Waals surface area contributed by atoms with Crippen LogP contribution in [0.1, 0.15) is 37.8 Å². The van der Waals surface area contributed by atoms with Crippen LogP contribution < -0.4 is 5.32 Å². The van der Waals surface area contributed by atoms with Crippen molar-refractivity contribution in [2.75, 3.05) is 11.9 Å². The molecule has 1 N–H and O–H groups in total. The Morgan fingerprint density at radius 1 is 1.30 bits per heavy atom. The predicted octanol–water partition coefficient (Wildman–Crippen LogP) is 3.22. The Kier molecular flexibility index (Phi) is 3.52. The first kappa shape index (κ1) is 14.2. The number of aryl methyl sites for hydroxylation is 1. The van der Waals surface area contributed by atoms with Crippen LogP contribution in [0.4, 0.5) is 6.01 Å². The summed E-state index contributed by atoms with van der Waals surface area (Å²) in [6, 6.07) is 8.43. The minimum atomic E-state index is 0.403. The SMILES string of the molecule is CC(C)c1nnc2n1C[C@@H](CNc1nc3ccccc3o1)CC2. The summed E-state index contributed by atoms with van der Waals surface area (Å²) in [6.07, 6.45) is 2.10. The third-order valence-corrected chi connectivity index (χ3v) is 4.43. The summed E-state index contributed by atoms with van der Waals surface area (Å²) in [5.74, 6) is 3.14. The minimum absolute atomic E-state index is 0.403. The van der Waals surface area contributed by atoms with E-state index in [0.29, 0.717) is 17.9 Å². The smallest absolute Gasteiger partial charge is 0.295 e. The summed E-state index contributed by atoms with van der Waals surface area (Å²) in [4.78, 5) is 4.47. The Bertz CT molecular complexity index is 786. The van der Waals surface area contributed by atoms with Gasteiger partial charge in [0.1, 0.15) is 17.2 Å². The van der Waals surface area contributed by atoms with E-state index in [-0.39, 0.29) is 0 Å². The van der Waals surface area contributed by atoms with Gasteiger partial charge in [0.2, 0.25) is 0 Å². The number of nitrogens with zero attached hydrogens (tertiary/aromatic N) is 4. The van der Waals surface area contributed by atoms with Crippen LogP contribution >= 0.6 is 0 Å². The van der Waals surface area contributed by atoms with Gasteiger partial charge in [0.15, 0.2) is 5.58 Å². The van der Waals surface area contributed by atoms with Crippen molar-refractivity contribution in [3.8, 4) is 0 Å². The average molecular weight is 311 g/mol. The highest BCUT2D eigenvalue weighted by atomic mass is 16.4. The van der Waals surface area contributed by atoms with Gasteiger partial charge in [0.05, 0.1) is 0 Å². The molecule has 0 radical (unpaired) electrons. The molecule has 0 amide bonds. The van der Waals surface area contributed by atoms with Crippen LogP contribution in [0.2, 0.25) is 0 Å². The zero-order valence-corrected chi connectivity index (χ0v) is 13.5. The topological polar surface area (TPSA) is 68.8 Å². The molecule has 0 saturated carbocycles. The molecule has 0 saturated heterocycles.